The lowest BCUT2D eigenvalue weighted by atomic mass is 10.2. The van der Waals surface area contributed by atoms with Crippen LogP contribution in [-0.2, 0) is 4.74 Å². The molecule has 1 saturated heterocycles. The van der Waals surface area contributed by atoms with Crippen molar-refractivity contribution < 1.29 is 4.74 Å². The van der Waals surface area contributed by atoms with Gasteiger partial charge in [-0.25, -0.2) is 0 Å². The maximum atomic E-state index is 5.36. The molecule has 96 valence electrons. The summed E-state index contributed by atoms with van der Waals surface area (Å²) < 4.78 is 5.36. The Morgan fingerprint density at radius 2 is 2.06 bits per heavy atom. The monoisotopic (exact) mass is 228 g/mol. The van der Waals surface area contributed by atoms with Crippen molar-refractivity contribution >= 4 is 0 Å². The fourth-order valence-corrected chi connectivity index (χ4v) is 2.31. The second kappa shape index (κ2) is 8.97. The van der Waals surface area contributed by atoms with E-state index in [1.807, 2.05) is 7.11 Å². The van der Waals surface area contributed by atoms with Crippen LogP contribution in [0, 0.1) is 0 Å². The molecule has 0 aliphatic carbocycles. The van der Waals surface area contributed by atoms with Crippen LogP contribution in [0.25, 0.3) is 0 Å². The van der Waals surface area contributed by atoms with E-state index >= 15 is 0 Å². The number of ether oxygens (including phenoxy) is 1. The fourth-order valence-electron chi connectivity index (χ4n) is 2.31. The zero-order valence-corrected chi connectivity index (χ0v) is 11.0. The van der Waals surface area contributed by atoms with Crippen LogP contribution in [-0.4, -0.2) is 50.8 Å². The second-order valence-electron chi connectivity index (χ2n) is 4.71. The van der Waals surface area contributed by atoms with Crippen molar-refractivity contribution in [2.75, 3.05) is 39.8 Å². The molecule has 0 bridgehead atoms. The van der Waals surface area contributed by atoms with Crippen molar-refractivity contribution in [2.45, 2.75) is 45.1 Å². The van der Waals surface area contributed by atoms with E-state index in [4.69, 9.17) is 4.74 Å². The highest BCUT2D eigenvalue weighted by atomic mass is 16.5. The van der Waals surface area contributed by atoms with Gasteiger partial charge in [-0.1, -0.05) is 19.8 Å². The van der Waals surface area contributed by atoms with Gasteiger partial charge in [-0.05, 0) is 38.9 Å². The molecule has 1 N–H and O–H groups in total. The summed E-state index contributed by atoms with van der Waals surface area (Å²) in [6.07, 6.45) is 7.14. The number of unbranched alkanes of at least 4 members (excludes halogenated alkanes) is 3. The van der Waals surface area contributed by atoms with Gasteiger partial charge in [-0.15, -0.1) is 0 Å². The van der Waals surface area contributed by atoms with Crippen LogP contribution in [0.1, 0.15) is 39.0 Å². The molecule has 0 radical (unpaired) electrons. The number of nitrogens with one attached hydrogen (secondary N) is 1. The van der Waals surface area contributed by atoms with E-state index < -0.39 is 0 Å². The van der Waals surface area contributed by atoms with Gasteiger partial charge in [0.2, 0.25) is 0 Å². The molecule has 0 saturated carbocycles. The van der Waals surface area contributed by atoms with Gasteiger partial charge in [0.1, 0.15) is 0 Å². The molecule has 16 heavy (non-hydrogen) atoms. The minimum Gasteiger partial charge on any atom is -0.380 e. The third-order valence-electron chi connectivity index (χ3n) is 3.39. The van der Waals surface area contributed by atoms with E-state index in [0.717, 1.165) is 13.1 Å². The van der Waals surface area contributed by atoms with Gasteiger partial charge >= 0.3 is 0 Å². The number of likely N-dealkylation sites (tertiary alicyclic amines) is 1. The van der Waals surface area contributed by atoms with Gasteiger partial charge in [-0.2, -0.15) is 0 Å². The first kappa shape index (κ1) is 13.9. The zero-order valence-electron chi connectivity index (χ0n) is 11.0. The first-order chi connectivity index (χ1) is 7.86. The summed E-state index contributed by atoms with van der Waals surface area (Å²) >= 11 is 0. The highest BCUT2D eigenvalue weighted by Crippen LogP contribution is 2.12. The van der Waals surface area contributed by atoms with Crippen LogP contribution < -0.4 is 5.32 Å². The van der Waals surface area contributed by atoms with Gasteiger partial charge in [-0.3, -0.25) is 0 Å². The van der Waals surface area contributed by atoms with Crippen LogP contribution in [0.15, 0.2) is 0 Å². The molecule has 0 aromatic rings. The SMILES string of the molecule is CCNCCCCCCN1CCC(OC)C1. The highest BCUT2D eigenvalue weighted by Gasteiger charge is 2.20. The Morgan fingerprint density at radius 3 is 2.75 bits per heavy atom. The van der Waals surface area contributed by atoms with Crippen LogP contribution in [0.2, 0.25) is 0 Å². The average Bonchev–Trinajstić information content (AvgIpc) is 2.76. The summed E-state index contributed by atoms with van der Waals surface area (Å²) in [5.74, 6) is 0. The third kappa shape index (κ3) is 5.83. The van der Waals surface area contributed by atoms with Crippen molar-refractivity contribution in [3.05, 3.63) is 0 Å². The predicted octanol–water partition coefficient (Wildman–Crippen LogP) is 1.88. The van der Waals surface area contributed by atoms with Crippen LogP contribution in [0.5, 0.6) is 0 Å². The van der Waals surface area contributed by atoms with Gasteiger partial charge in [0.05, 0.1) is 6.10 Å². The van der Waals surface area contributed by atoms with E-state index in [2.05, 4.69) is 17.1 Å². The second-order valence-corrected chi connectivity index (χ2v) is 4.71. The minimum absolute atomic E-state index is 0.494. The van der Waals surface area contributed by atoms with Crippen molar-refractivity contribution in [1.29, 1.82) is 0 Å². The summed E-state index contributed by atoms with van der Waals surface area (Å²) in [6.45, 7) is 8.10. The normalized spacial score (nSPS) is 21.8. The Labute approximate surface area is 101 Å². The molecule has 0 spiro atoms. The Kier molecular flexibility index (Phi) is 7.81. The highest BCUT2D eigenvalue weighted by molar-refractivity contribution is 4.75. The van der Waals surface area contributed by atoms with E-state index in [0.29, 0.717) is 6.10 Å². The number of rotatable bonds is 9. The molecule has 1 aliphatic heterocycles. The summed E-state index contributed by atoms with van der Waals surface area (Å²) in [5, 5.41) is 3.37. The van der Waals surface area contributed by atoms with Crippen molar-refractivity contribution in [2.24, 2.45) is 0 Å². The fraction of sp³-hybridized carbons (Fsp3) is 1.00. The van der Waals surface area contributed by atoms with Crippen molar-refractivity contribution in [3.63, 3.8) is 0 Å². The molecule has 1 atom stereocenters. The van der Waals surface area contributed by atoms with Crippen molar-refractivity contribution in [3.8, 4) is 0 Å². The maximum absolute atomic E-state index is 5.36. The smallest absolute Gasteiger partial charge is 0.0710 e. The quantitative estimate of drug-likeness (QED) is 0.610. The Bertz CT molecular complexity index is 164. The van der Waals surface area contributed by atoms with Crippen molar-refractivity contribution in [1.82, 2.24) is 10.2 Å². The van der Waals surface area contributed by atoms with Crippen LogP contribution in [0.3, 0.4) is 0 Å². The summed E-state index contributed by atoms with van der Waals surface area (Å²) in [6, 6.07) is 0. The predicted molar refractivity (Wildman–Crippen MR) is 68.9 cm³/mol. The van der Waals surface area contributed by atoms with Gasteiger partial charge in [0.15, 0.2) is 0 Å². The topological polar surface area (TPSA) is 24.5 Å². The molecule has 0 aromatic carbocycles. The molecule has 3 heteroatoms. The molecular formula is C13H28N2O. The molecule has 1 unspecified atom stereocenters. The van der Waals surface area contributed by atoms with Gasteiger partial charge in [0.25, 0.3) is 0 Å². The number of nitrogens with zero attached hydrogens (tertiary/aromatic N) is 1. The van der Waals surface area contributed by atoms with E-state index in [1.54, 1.807) is 0 Å². The van der Waals surface area contributed by atoms with Crippen LogP contribution >= 0.6 is 0 Å². The molecular weight excluding hydrogens is 200 g/mol. The summed E-state index contributed by atoms with van der Waals surface area (Å²) in [4.78, 5) is 2.54. The van der Waals surface area contributed by atoms with E-state index in [1.165, 1.54) is 51.7 Å². The molecule has 1 fully saturated rings. The largest absolute Gasteiger partial charge is 0.380 e. The summed E-state index contributed by atoms with van der Waals surface area (Å²) in [7, 11) is 1.83. The van der Waals surface area contributed by atoms with Crippen LogP contribution in [0.4, 0.5) is 0 Å². The molecule has 1 heterocycles. The lowest BCUT2D eigenvalue weighted by Gasteiger charge is -2.15. The maximum Gasteiger partial charge on any atom is 0.0710 e. The summed E-state index contributed by atoms with van der Waals surface area (Å²) in [5.41, 5.74) is 0. The molecule has 1 aliphatic rings. The number of methoxy groups -OCH3 is 1. The Balaban J connectivity index is 1.84. The third-order valence-corrected chi connectivity index (χ3v) is 3.39. The van der Waals surface area contributed by atoms with E-state index in [-0.39, 0.29) is 0 Å². The molecule has 0 aromatic heterocycles. The Hall–Kier alpha value is -0.120. The lowest BCUT2D eigenvalue weighted by Crippen LogP contribution is -2.23. The lowest BCUT2D eigenvalue weighted by molar-refractivity contribution is 0.108. The molecule has 0 amide bonds. The zero-order chi connectivity index (χ0) is 11.6. The first-order valence-corrected chi connectivity index (χ1v) is 6.82. The van der Waals surface area contributed by atoms with Gasteiger partial charge in [0, 0.05) is 20.2 Å². The standard InChI is InChI=1S/C13H28N2O/c1-3-14-9-6-4-5-7-10-15-11-8-13(12-15)16-2/h13-14H,3-12H2,1-2H3. The Morgan fingerprint density at radius 1 is 1.25 bits per heavy atom. The number of hydrogen-bond acceptors (Lipinski definition) is 3. The number of hydrogen-bond donors (Lipinski definition) is 1. The molecule has 1 rings (SSSR count). The van der Waals surface area contributed by atoms with E-state index in [9.17, 15) is 0 Å². The molecule has 3 nitrogen and oxygen atoms in total. The van der Waals surface area contributed by atoms with Gasteiger partial charge < -0.3 is 15.0 Å². The minimum atomic E-state index is 0.494. The first-order valence-electron chi connectivity index (χ1n) is 6.82. The average molecular weight is 228 g/mol.